The Balaban J connectivity index is 2.38. The fourth-order valence-corrected chi connectivity index (χ4v) is 2.18. The third-order valence-electron chi connectivity index (χ3n) is 3.04. The van der Waals surface area contributed by atoms with Gasteiger partial charge in [-0.25, -0.2) is 13.8 Å². The molecule has 1 heterocycles. The van der Waals surface area contributed by atoms with Crippen molar-refractivity contribution in [1.82, 2.24) is 10.3 Å². The number of nitrogens with zero attached hydrogens (tertiary/aromatic N) is 1. The van der Waals surface area contributed by atoms with Crippen molar-refractivity contribution in [2.24, 2.45) is 0 Å². The summed E-state index contributed by atoms with van der Waals surface area (Å²) in [6, 6.07) is 4.74. The van der Waals surface area contributed by atoms with E-state index in [0.29, 0.717) is 6.07 Å². The van der Waals surface area contributed by atoms with Crippen LogP contribution in [-0.4, -0.2) is 23.5 Å². The first kappa shape index (κ1) is 18.9. The first-order chi connectivity index (χ1) is 11.6. The summed E-state index contributed by atoms with van der Waals surface area (Å²) in [4.78, 5) is 16.6. The van der Waals surface area contributed by atoms with E-state index in [0.717, 1.165) is 6.07 Å². The van der Waals surface area contributed by atoms with Crippen molar-refractivity contribution in [2.75, 3.05) is 12.4 Å². The van der Waals surface area contributed by atoms with Crippen LogP contribution < -0.4 is 15.4 Å². The lowest BCUT2D eigenvalue weighted by molar-refractivity contribution is 0.0911. The molecule has 0 fully saturated rings. The second kappa shape index (κ2) is 7.23. The highest BCUT2D eigenvalue weighted by Gasteiger charge is 2.21. The Morgan fingerprint density at radius 3 is 2.52 bits per heavy atom. The van der Waals surface area contributed by atoms with Crippen LogP contribution in [0.1, 0.15) is 31.3 Å². The smallest absolute Gasteiger partial charge is 0.274 e. The third-order valence-corrected chi connectivity index (χ3v) is 3.42. The fourth-order valence-electron chi connectivity index (χ4n) is 2.03. The summed E-state index contributed by atoms with van der Waals surface area (Å²) >= 11 is 5.83. The van der Waals surface area contributed by atoms with Gasteiger partial charge in [0, 0.05) is 11.6 Å². The van der Waals surface area contributed by atoms with Gasteiger partial charge in [0.25, 0.3) is 5.91 Å². The van der Waals surface area contributed by atoms with Crippen molar-refractivity contribution in [1.29, 1.82) is 0 Å². The Kier molecular flexibility index (Phi) is 5.47. The van der Waals surface area contributed by atoms with Crippen molar-refractivity contribution < 1.29 is 18.3 Å². The van der Waals surface area contributed by atoms with E-state index in [4.69, 9.17) is 16.3 Å². The van der Waals surface area contributed by atoms with Crippen molar-refractivity contribution in [2.45, 2.75) is 26.3 Å². The molecule has 134 valence electrons. The quantitative estimate of drug-likeness (QED) is 0.789. The first-order valence-electron chi connectivity index (χ1n) is 7.40. The van der Waals surface area contributed by atoms with Crippen LogP contribution in [0.25, 0.3) is 0 Å². The second-order valence-corrected chi connectivity index (χ2v) is 6.70. The summed E-state index contributed by atoms with van der Waals surface area (Å²) in [6.07, 6.45) is 0. The molecule has 0 radical (unpaired) electrons. The molecule has 8 heteroatoms. The number of rotatable bonds is 4. The molecule has 5 nitrogen and oxygen atoms in total. The van der Waals surface area contributed by atoms with E-state index in [9.17, 15) is 13.6 Å². The van der Waals surface area contributed by atoms with Crippen molar-refractivity contribution in [3.63, 3.8) is 0 Å². The van der Waals surface area contributed by atoms with Crippen LogP contribution in [0.2, 0.25) is 5.02 Å². The molecule has 2 N–H and O–H groups in total. The van der Waals surface area contributed by atoms with E-state index >= 15 is 0 Å². The number of hydrogen-bond donors (Lipinski definition) is 2. The van der Waals surface area contributed by atoms with E-state index in [1.165, 1.54) is 19.2 Å². The van der Waals surface area contributed by atoms with Crippen LogP contribution in [0.5, 0.6) is 5.75 Å². The topological polar surface area (TPSA) is 63.2 Å². The average Bonchev–Trinajstić information content (AvgIpc) is 2.50. The summed E-state index contributed by atoms with van der Waals surface area (Å²) in [5.74, 6) is -1.67. The van der Waals surface area contributed by atoms with Gasteiger partial charge in [0.05, 0.1) is 17.8 Å². The van der Waals surface area contributed by atoms with Crippen LogP contribution in [0, 0.1) is 11.6 Å². The number of carbonyl (C=O) groups is 1. The van der Waals surface area contributed by atoms with Gasteiger partial charge in [0.15, 0.2) is 5.69 Å². The maximum absolute atomic E-state index is 13.5. The zero-order valence-corrected chi connectivity index (χ0v) is 15.0. The van der Waals surface area contributed by atoms with Crippen LogP contribution >= 0.6 is 11.6 Å². The van der Waals surface area contributed by atoms with E-state index in [2.05, 4.69) is 15.6 Å². The molecule has 2 rings (SSSR count). The molecule has 0 saturated heterocycles. The predicted molar refractivity (Wildman–Crippen MR) is 92.7 cm³/mol. The highest BCUT2D eigenvalue weighted by molar-refractivity contribution is 6.33. The SMILES string of the molecule is COc1ccc(Nc2cc(F)cc(F)c2Cl)nc1C(=O)NC(C)(C)C. The Labute approximate surface area is 149 Å². The molecular formula is C17H18ClF2N3O2. The molecule has 1 aromatic heterocycles. The summed E-state index contributed by atoms with van der Waals surface area (Å²) in [5.41, 5.74) is -0.434. The third kappa shape index (κ3) is 4.79. The van der Waals surface area contributed by atoms with Gasteiger partial charge in [-0.2, -0.15) is 0 Å². The van der Waals surface area contributed by atoms with E-state index < -0.39 is 23.1 Å². The molecule has 0 bridgehead atoms. The highest BCUT2D eigenvalue weighted by Crippen LogP contribution is 2.29. The minimum absolute atomic E-state index is 0.000914. The molecule has 0 unspecified atom stereocenters. The Morgan fingerprint density at radius 2 is 1.92 bits per heavy atom. The lowest BCUT2D eigenvalue weighted by atomic mass is 10.1. The van der Waals surface area contributed by atoms with Gasteiger partial charge in [0.2, 0.25) is 0 Å². The average molecular weight is 370 g/mol. The standard InChI is InChI=1S/C17H18ClF2N3O2/c1-17(2,3)23-16(24)15-12(25-4)5-6-13(22-15)21-11-8-9(19)7-10(20)14(11)18/h5-8H,1-4H3,(H,21,22)(H,23,24). The summed E-state index contributed by atoms with van der Waals surface area (Å²) < 4.78 is 32.1. The van der Waals surface area contributed by atoms with Gasteiger partial charge in [-0.05, 0) is 39.0 Å². The zero-order chi connectivity index (χ0) is 18.8. The summed E-state index contributed by atoms with van der Waals surface area (Å²) in [7, 11) is 1.41. The molecule has 0 aliphatic carbocycles. The number of benzene rings is 1. The molecule has 0 atom stereocenters. The van der Waals surface area contributed by atoms with Crippen LogP contribution in [-0.2, 0) is 0 Å². The lowest BCUT2D eigenvalue weighted by Gasteiger charge is -2.21. The fraction of sp³-hybridized carbons (Fsp3) is 0.294. The Bertz CT molecular complexity index is 807. The summed E-state index contributed by atoms with van der Waals surface area (Å²) in [6.45, 7) is 5.48. The number of anilines is 2. The molecule has 2 aromatic rings. The van der Waals surface area contributed by atoms with E-state index in [1.807, 2.05) is 20.8 Å². The highest BCUT2D eigenvalue weighted by atomic mass is 35.5. The van der Waals surface area contributed by atoms with Crippen molar-refractivity contribution in [3.05, 3.63) is 46.6 Å². The number of pyridine rings is 1. The summed E-state index contributed by atoms with van der Waals surface area (Å²) in [5, 5.41) is 5.20. The molecule has 1 aromatic carbocycles. The molecular weight excluding hydrogens is 352 g/mol. The number of carbonyl (C=O) groups excluding carboxylic acids is 1. The number of hydrogen-bond acceptors (Lipinski definition) is 4. The van der Waals surface area contributed by atoms with Crippen LogP contribution in [0.3, 0.4) is 0 Å². The monoisotopic (exact) mass is 369 g/mol. The van der Waals surface area contributed by atoms with Gasteiger partial charge in [-0.3, -0.25) is 4.79 Å². The Morgan fingerprint density at radius 1 is 1.24 bits per heavy atom. The van der Waals surface area contributed by atoms with Crippen LogP contribution in [0.4, 0.5) is 20.3 Å². The predicted octanol–water partition coefficient (Wildman–Crippen LogP) is 4.29. The number of nitrogens with one attached hydrogen (secondary N) is 2. The van der Waals surface area contributed by atoms with Gasteiger partial charge in [-0.15, -0.1) is 0 Å². The number of amides is 1. The number of ether oxygens (including phenoxy) is 1. The molecule has 1 amide bonds. The number of methoxy groups -OCH3 is 1. The second-order valence-electron chi connectivity index (χ2n) is 6.33. The van der Waals surface area contributed by atoms with Crippen molar-refractivity contribution >= 4 is 29.0 Å². The molecule has 0 spiro atoms. The minimum Gasteiger partial charge on any atom is -0.494 e. The van der Waals surface area contributed by atoms with E-state index in [1.54, 1.807) is 0 Å². The van der Waals surface area contributed by atoms with Gasteiger partial charge >= 0.3 is 0 Å². The number of aromatic nitrogens is 1. The van der Waals surface area contributed by atoms with Crippen molar-refractivity contribution in [3.8, 4) is 5.75 Å². The zero-order valence-electron chi connectivity index (χ0n) is 14.2. The van der Waals surface area contributed by atoms with E-state index in [-0.39, 0.29) is 28.0 Å². The minimum atomic E-state index is -0.900. The molecule has 0 aliphatic rings. The van der Waals surface area contributed by atoms with Gasteiger partial charge in [0.1, 0.15) is 23.2 Å². The van der Waals surface area contributed by atoms with Gasteiger partial charge < -0.3 is 15.4 Å². The lowest BCUT2D eigenvalue weighted by Crippen LogP contribution is -2.41. The van der Waals surface area contributed by atoms with Gasteiger partial charge in [-0.1, -0.05) is 11.6 Å². The first-order valence-corrected chi connectivity index (χ1v) is 7.77. The van der Waals surface area contributed by atoms with Crippen LogP contribution in [0.15, 0.2) is 24.3 Å². The molecule has 0 aliphatic heterocycles. The normalized spacial score (nSPS) is 11.2. The maximum atomic E-state index is 13.5. The number of halogens is 3. The maximum Gasteiger partial charge on any atom is 0.274 e. The molecule has 0 saturated carbocycles. The largest absolute Gasteiger partial charge is 0.494 e. The Hall–Kier alpha value is -2.41. The molecule has 25 heavy (non-hydrogen) atoms.